The molecule has 0 saturated heterocycles. The maximum absolute atomic E-state index is 9.10. The molecule has 0 saturated carbocycles. The zero-order valence-corrected chi connectivity index (χ0v) is 14.4. The predicted octanol–water partition coefficient (Wildman–Crippen LogP) is 1.75. The van der Waals surface area contributed by atoms with E-state index in [1.807, 2.05) is 26.0 Å². The molecule has 0 spiro atoms. The van der Waals surface area contributed by atoms with Gasteiger partial charge in [0.25, 0.3) is 0 Å². The van der Waals surface area contributed by atoms with Crippen molar-refractivity contribution >= 4 is 55.6 Å². The van der Waals surface area contributed by atoms with Crippen LogP contribution in [0.15, 0.2) is 18.2 Å². The second kappa shape index (κ2) is 7.98. The Morgan fingerprint density at radius 2 is 1.67 bits per heavy atom. The van der Waals surface area contributed by atoms with Gasteiger partial charge in [-0.05, 0) is 42.8 Å². The Kier molecular flexibility index (Phi) is 9.68. The zero-order valence-electron chi connectivity index (χ0n) is 8.45. The van der Waals surface area contributed by atoms with Gasteiger partial charge in [-0.1, -0.05) is 24.4 Å². The van der Waals surface area contributed by atoms with E-state index in [4.69, 9.17) is 14.9 Å². The van der Waals surface area contributed by atoms with E-state index >= 15 is 0 Å². The van der Waals surface area contributed by atoms with E-state index in [1.165, 1.54) is 0 Å². The minimum absolute atomic E-state index is 0. The van der Waals surface area contributed by atoms with Gasteiger partial charge >= 0.3 is 0 Å². The fourth-order valence-corrected chi connectivity index (χ4v) is 0.736. The molecule has 3 N–H and O–H groups in total. The van der Waals surface area contributed by atoms with Crippen molar-refractivity contribution in [1.82, 2.24) is 0 Å². The van der Waals surface area contributed by atoms with Crippen LogP contribution in [0.3, 0.4) is 0 Å². The maximum Gasteiger partial charge on any atom is 0.239 e. The first kappa shape index (κ1) is 18.2. The molecule has 7 heteroatoms. The molecule has 0 unspecified atom stereocenters. The summed E-state index contributed by atoms with van der Waals surface area (Å²) in [6.45, 7) is 3.89. The number of aryl methyl sites for hydroxylation is 1. The van der Waals surface area contributed by atoms with Crippen LogP contribution in [-0.4, -0.2) is 40.7 Å². The first-order valence-electron chi connectivity index (χ1n) is 3.75. The third-order valence-corrected chi connectivity index (χ3v) is 1.58. The van der Waals surface area contributed by atoms with Crippen LogP contribution < -0.4 is 0 Å². The Balaban J connectivity index is 0. The molecule has 0 heterocycles. The molecule has 0 fully saturated rings. The number of thiol groups is 1. The van der Waals surface area contributed by atoms with Gasteiger partial charge in [0.05, 0.1) is 0 Å². The number of rotatable bonds is 0. The van der Waals surface area contributed by atoms with Crippen molar-refractivity contribution in [3.8, 4) is 5.75 Å². The Labute approximate surface area is 119 Å². The molecule has 1 aromatic carbocycles. The van der Waals surface area contributed by atoms with E-state index in [0.717, 1.165) is 11.1 Å². The molecule has 1 aromatic rings. The summed E-state index contributed by atoms with van der Waals surface area (Å²) in [5, 5.41) is 9.10. The van der Waals surface area contributed by atoms with Crippen molar-refractivity contribution in [2.24, 2.45) is 0 Å². The van der Waals surface area contributed by atoms with Gasteiger partial charge in [0.15, 0.2) is 0 Å². The third kappa shape index (κ3) is 11.1. The fraction of sp³-hybridized carbons (Fsp3) is 0.250. The SMILES string of the molecule is Cc1cccc(O)c1C.OP(O)(=S)S.[In]. The minimum atomic E-state index is -3.11. The summed E-state index contributed by atoms with van der Waals surface area (Å²) in [6.07, 6.45) is 0. The Morgan fingerprint density at radius 3 is 1.93 bits per heavy atom. The Hall–Kier alpha value is 0.810. The van der Waals surface area contributed by atoms with E-state index in [1.54, 1.807) is 6.07 Å². The van der Waals surface area contributed by atoms with E-state index in [-0.39, 0.29) is 25.8 Å². The normalized spacial score (nSPS) is 9.67. The van der Waals surface area contributed by atoms with Crippen LogP contribution in [0.1, 0.15) is 11.1 Å². The number of benzene rings is 1. The van der Waals surface area contributed by atoms with Gasteiger partial charge in [-0.25, -0.2) is 0 Å². The summed E-state index contributed by atoms with van der Waals surface area (Å²) < 4.78 is 0. The summed E-state index contributed by atoms with van der Waals surface area (Å²) in [5.41, 5.74) is -1.01. The molecule has 0 bridgehead atoms. The zero-order chi connectivity index (χ0) is 11.4. The van der Waals surface area contributed by atoms with E-state index in [2.05, 4.69) is 24.1 Å². The summed E-state index contributed by atoms with van der Waals surface area (Å²) in [4.78, 5) is 15.7. The van der Waals surface area contributed by atoms with E-state index in [0.29, 0.717) is 5.75 Å². The molecule has 0 aliphatic heterocycles. The van der Waals surface area contributed by atoms with Gasteiger partial charge < -0.3 is 14.9 Å². The van der Waals surface area contributed by atoms with Crippen molar-refractivity contribution in [2.75, 3.05) is 0 Å². The van der Waals surface area contributed by atoms with Gasteiger partial charge in [-0.3, -0.25) is 0 Å². The number of phenolic OH excluding ortho intramolecular Hbond substituents is 1. The van der Waals surface area contributed by atoms with Crippen LogP contribution in [0, 0.1) is 13.8 Å². The van der Waals surface area contributed by atoms with Gasteiger partial charge in [-0.15, -0.1) is 0 Å². The topological polar surface area (TPSA) is 60.7 Å². The molecule has 1 rings (SSSR count). The largest absolute Gasteiger partial charge is 0.508 e. The van der Waals surface area contributed by atoms with E-state index in [9.17, 15) is 0 Å². The Morgan fingerprint density at radius 1 is 1.27 bits per heavy atom. The average molecular weight is 367 g/mol. The minimum Gasteiger partial charge on any atom is -0.508 e. The van der Waals surface area contributed by atoms with Gasteiger partial charge in [-0.2, -0.15) is 0 Å². The molecule has 0 amide bonds. The number of hydrogen-bond acceptors (Lipinski definition) is 2. The van der Waals surface area contributed by atoms with Crippen LogP contribution in [-0.2, 0) is 11.8 Å². The third-order valence-electron chi connectivity index (χ3n) is 1.58. The molecular formula is C8H13InO3PS2. The van der Waals surface area contributed by atoms with Crippen LogP contribution in [0.4, 0.5) is 0 Å². The number of hydrogen-bond donors (Lipinski definition) is 4. The quantitative estimate of drug-likeness (QED) is 0.417. The van der Waals surface area contributed by atoms with E-state index < -0.39 is 5.69 Å². The van der Waals surface area contributed by atoms with Crippen molar-refractivity contribution in [3.05, 3.63) is 29.3 Å². The summed E-state index contributed by atoms with van der Waals surface area (Å²) >= 11 is 7.07. The molecule has 83 valence electrons. The van der Waals surface area contributed by atoms with Crippen molar-refractivity contribution in [3.63, 3.8) is 0 Å². The Bertz CT molecular complexity index is 325. The molecule has 0 atom stereocenters. The van der Waals surface area contributed by atoms with Gasteiger partial charge in [0.1, 0.15) is 5.75 Å². The summed E-state index contributed by atoms with van der Waals surface area (Å²) in [5.74, 6) is 0.384. The second-order valence-corrected chi connectivity index (χ2v) is 7.77. The van der Waals surface area contributed by atoms with Crippen molar-refractivity contribution in [1.29, 1.82) is 0 Å². The van der Waals surface area contributed by atoms with Gasteiger partial charge in [0.2, 0.25) is 5.69 Å². The molecule has 3 nitrogen and oxygen atoms in total. The van der Waals surface area contributed by atoms with Crippen molar-refractivity contribution < 1.29 is 14.9 Å². The molecule has 0 aliphatic rings. The molecule has 3 radical (unpaired) electrons. The molecule has 0 aliphatic carbocycles. The van der Waals surface area contributed by atoms with Crippen LogP contribution in [0.5, 0.6) is 5.75 Å². The number of phenols is 1. The first-order chi connectivity index (χ1) is 6.22. The van der Waals surface area contributed by atoms with Crippen LogP contribution >= 0.6 is 17.9 Å². The second-order valence-electron chi connectivity index (χ2n) is 2.73. The smallest absolute Gasteiger partial charge is 0.239 e. The standard InChI is InChI=1S/C8H10O.In.H3O2PS2/c1-6-4-3-5-8(9)7(6)2;;1-3(2,4)5/h3-5,9H,1-2H3;;(H3,1,2,4,5). The van der Waals surface area contributed by atoms with Crippen LogP contribution in [0.25, 0.3) is 0 Å². The fourth-order valence-electron chi connectivity index (χ4n) is 0.736. The number of aromatic hydroxyl groups is 1. The van der Waals surface area contributed by atoms with Crippen LogP contribution in [0.2, 0.25) is 0 Å². The van der Waals surface area contributed by atoms with Gasteiger partial charge in [0, 0.05) is 25.8 Å². The maximum atomic E-state index is 9.10. The summed E-state index contributed by atoms with van der Waals surface area (Å²) in [7, 11) is 0. The average Bonchev–Trinajstić information content (AvgIpc) is 1.97. The molecule has 0 aromatic heterocycles. The molecule has 15 heavy (non-hydrogen) atoms. The summed E-state index contributed by atoms with van der Waals surface area (Å²) in [6, 6.07) is 5.52. The first-order valence-corrected chi connectivity index (χ1v) is 7.61. The monoisotopic (exact) mass is 367 g/mol. The van der Waals surface area contributed by atoms with Crippen molar-refractivity contribution in [2.45, 2.75) is 13.8 Å². The molecular weight excluding hydrogens is 354 g/mol. The predicted molar refractivity (Wildman–Crippen MR) is 71.0 cm³/mol.